The van der Waals surface area contributed by atoms with Crippen LogP contribution < -0.4 is 11.1 Å². The van der Waals surface area contributed by atoms with Gasteiger partial charge in [-0.1, -0.05) is 18.9 Å². The monoisotopic (exact) mass is 276 g/mol. The van der Waals surface area contributed by atoms with Gasteiger partial charge in [-0.25, -0.2) is 0 Å². The van der Waals surface area contributed by atoms with Gasteiger partial charge in [-0.15, -0.1) is 19.0 Å². The van der Waals surface area contributed by atoms with Crippen LogP contribution in [0, 0.1) is 0 Å². The highest BCUT2D eigenvalue weighted by molar-refractivity contribution is 5.85. The molecule has 18 heavy (non-hydrogen) atoms. The van der Waals surface area contributed by atoms with Gasteiger partial charge in [0, 0.05) is 19.6 Å². The fraction of sp³-hybridized carbons (Fsp3) is 0.769. The van der Waals surface area contributed by atoms with E-state index in [1.165, 1.54) is 12.8 Å². The topological polar surface area (TPSA) is 64.3 Å². The molecule has 1 rings (SSSR count). The minimum absolute atomic E-state index is 0. The van der Waals surface area contributed by atoms with Gasteiger partial charge in [-0.3, -0.25) is 4.79 Å². The summed E-state index contributed by atoms with van der Waals surface area (Å²) in [4.78, 5) is 11.8. The van der Waals surface area contributed by atoms with E-state index in [2.05, 4.69) is 11.9 Å². The van der Waals surface area contributed by atoms with E-state index in [0.29, 0.717) is 26.2 Å². The first kappa shape index (κ1) is 17.4. The van der Waals surface area contributed by atoms with Crippen LogP contribution >= 0.6 is 12.4 Å². The molecule has 0 heterocycles. The molecule has 0 aromatic heterocycles. The summed E-state index contributed by atoms with van der Waals surface area (Å²) in [5, 5.41) is 3.09. The number of carbonyl (C=O) groups is 1. The van der Waals surface area contributed by atoms with Gasteiger partial charge in [0.15, 0.2) is 0 Å². The zero-order valence-electron chi connectivity index (χ0n) is 11.0. The highest BCUT2D eigenvalue weighted by Gasteiger charge is 2.33. The van der Waals surface area contributed by atoms with Gasteiger partial charge < -0.3 is 15.8 Å². The van der Waals surface area contributed by atoms with Gasteiger partial charge in [-0.2, -0.15) is 0 Å². The molecule has 0 spiro atoms. The fourth-order valence-electron chi connectivity index (χ4n) is 2.29. The summed E-state index contributed by atoms with van der Waals surface area (Å²) in [6.07, 6.45) is 7.34. The Labute approximate surface area is 116 Å². The molecule has 1 fully saturated rings. The van der Waals surface area contributed by atoms with Crippen molar-refractivity contribution in [2.45, 2.75) is 44.1 Å². The van der Waals surface area contributed by atoms with Crippen LogP contribution in [-0.4, -0.2) is 31.2 Å². The molecule has 0 atom stereocenters. The molecule has 0 unspecified atom stereocenters. The third kappa shape index (κ3) is 5.85. The van der Waals surface area contributed by atoms with Gasteiger partial charge in [0.05, 0.1) is 12.1 Å². The molecule has 1 aliphatic rings. The molecule has 4 nitrogen and oxygen atoms in total. The Balaban J connectivity index is 0.00000289. The highest BCUT2D eigenvalue weighted by atomic mass is 35.5. The number of amides is 1. The second kappa shape index (κ2) is 9.36. The number of carbonyl (C=O) groups excluding carboxylic acids is 1. The van der Waals surface area contributed by atoms with Crippen molar-refractivity contribution in [2.24, 2.45) is 5.73 Å². The van der Waals surface area contributed by atoms with Gasteiger partial charge in [0.25, 0.3) is 0 Å². The summed E-state index contributed by atoms with van der Waals surface area (Å²) >= 11 is 0. The smallest absolute Gasteiger partial charge is 0.220 e. The van der Waals surface area contributed by atoms with Crippen LogP contribution in [0.5, 0.6) is 0 Å². The quantitative estimate of drug-likeness (QED) is 0.525. The fourth-order valence-corrected chi connectivity index (χ4v) is 2.29. The lowest BCUT2D eigenvalue weighted by Crippen LogP contribution is -2.51. The maximum atomic E-state index is 11.8. The van der Waals surface area contributed by atoms with E-state index in [1.807, 2.05) is 0 Å². The van der Waals surface area contributed by atoms with E-state index >= 15 is 0 Å². The second-order valence-electron chi connectivity index (χ2n) is 4.71. The lowest BCUT2D eigenvalue weighted by Gasteiger charge is -2.28. The van der Waals surface area contributed by atoms with Crippen LogP contribution in [-0.2, 0) is 9.53 Å². The first-order valence-corrected chi connectivity index (χ1v) is 6.42. The second-order valence-corrected chi connectivity index (χ2v) is 4.71. The Hall–Kier alpha value is -0.580. The van der Waals surface area contributed by atoms with Crippen molar-refractivity contribution >= 4 is 18.3 Å². The number of halogens is 1. The lowest BCUT2D eigenvalue weighted by atomic mass is 9.97. The van der Waals surface area contributed by atoms with Crippen molar-refractivity contribution in [3.05, 3.63) is 12.7 Å². The first-order chi connectivity index (χ1) is 8.22. The molecule has 1 aliphatic carbocycles. The predicted octanol–water partition coefficient (Wildman–Crippen LogP) is 1.78. The Morgan fingerprint density at radius 1 is 1.44 bits per heavy atom. The summed E-state index contributed by atoms with van der Waals surface area (Å²) in [7, 11) is 0. The molecule has 3 N–H and O–H groups in total. The molecule has 106 valence electrons. The van der Waals surface area contributed by atoms with E-state index in [0.717, 1.165) is 19.3 Å². The summed E-state index contributed by atoms with van der Waals surface area (Å²) < 4.78 is 5.23. The first-order valence-electron chi connectivity index (χ1n) is 6.42. The minimum Gasteiger partial charge on any atom is -0.377 e. The van der Waals surface area contributed by atoms with E-state index in [-0.39, 0.29) is 23.9 Å². The van der Waals surface area contributed by atoms with E-state index in [9.17, 15) is 4.79 Å². The molecule has 5 heteroatoms. The number of rotatable bonds is 8. The largest absolute Gasteiger partial charge is 0.377 e. The molecule has 0 aromatic carbocycles. The highest BCUT2D eigenvalue weighted by Crippen LogP contribution is 2.28. The van der Waals surface area contributed by atoms with Crippen molar-refractivity contribution in [3.63, 3.8) is 0 Å². The SMILES string of the molecule is C=CCOCCCC(=O)NC1(CN)CCCC1.Cl. The van der Waals surface area contributed by atoms with E-state index in [1.54, 1.807) is 6.08 Å². The summed E-state index contributed by atoms with van der Waals surface area (Å²) in [5.41, 5.74) is 5.64. The van der Waals surface area contributed by atoms with Crippen molar-refractivity contribution in [3.8, 4) is 0 Å². The van der Waals surface area contributed by atoms with Crippen LogP contribution in [0.3, 0.4) is 0 Å². The molecule has 1 amide bonds. The zero-order chi connectivity index (χ0) is 12.6. The van der Waals surface area contributed by atoms with Gasteiger partial charge in [-0.05, 0) is 19.3 Å². The van der Waals surface area contributed by atoms with Gasteiger partial charge >= 0.3 is 0 Å². The zero-order valence-corrected chi connectivity index (χ0v) is 11.8. The third-order valence-corrected chi connectivity index (χ3v) is 3.28. The van der Waals surface area contributed by atoms with Gasteiger partial charge in [0.1, 0.15) is 0 Å². The molecule has 0 bridgehead atoms. The number of hydrogen-bond donors (Lipinski definition) is 2. The van der Waals surface area contributed by atoms with E-state index < -0.39 is 0 Å². The molecule has 0 aliphatic heterocycles. The lowest BCUT2D eigenvalue weighted by molar-refractivity contribution is -0.123. The average molecular weight is 277 g/mol. The van der Waals surface area contributed by atoms with Crippen molar-refractivity contribution in [2.75, 3.05) is 19.8 Å². The minimum atomic E-state index is -0.126. The molecule has 1 saturated carbocycles. The average Bonchev–Trinajstić information content (AvgIpc) is 2.78. The maximum Gasteiger partial charge on any atom is 0.220 e. The summed E-state index contributed by atoms with van der Waals surface area (Å²) in [6, 6.07) is 0. The third-order valence-electron chi connectivity index (χ3n) is 3.28. The predicted molar refractivity (Wildman–Crippen MR) is 75.9 cm³/mol. The summed E-state index contributed by atoms with van der Waals surface area (Å²) in [5.74, 6) is 0.0968. The van der Waals surface area contributed by atoms with Crippen molar-refractivity contribution in [1.29, 1.82) is 0 Å². The standard InChI is InChI=1S/C13H24N2O2.ClH/c1-2-9-17-10-5-6-12(16)15-13(11-14)7-3-4-8-13;/h2H,1,3-11,14H2,(H,15,16);1H. The molecule has 0 aromatic rings. The van der Waals surface area contributed by atoms with E-state index in [4.69, 9.17) is 10.5 Å². The van der Waals surface area contributed by atoms with Crippen LogP contribution in [0.2, 0.25) is 0 Å². The maximum absolute atomic E-state index is 11.8. The molecular formula is C13H25ClN2O2. The molecule has 0 saturated heterocycles. The molecular weight excluding hydrogens is 252 g/mol. The number of nitrogens with two attached hydrogens (primary N) is 1. The normalized spacial score (nSPS) is 16.9. The summed E-state index contributed by atoms with van der Waals surface area (Å²) in [6.45, 7) is 5.27. The number of hydrogen-bond acceptors (Lipinski definition) is 3. The van der Waals surface area contributed by atoms with Crippen LogP contribution in [0.15, 0.2) is 12.7 Å². The number of ether oxygens (including phenoxy) is 1. The Morgan fingerprint density at radius 3 is 2.67 bits per heavy atom. The van der Waals surface area contributed by atoms with Gasteiger partial charge in [0.2, 0.25) is 5.91 Å². The molecule has 0 radical (unpaired) electrons. The van der Waals surface area contributed by atoms with Crippen LogP contribution in [0.1, 0.15) is 38.5 Å². The van der Waals surface area contributed by atoms with Crippen molar-refractivity contribution in [1.82, 2.24) is 5.32 Å². The Bertz CT molecular complexity index is 253. The Kier molecular flexibility index (Phi) is 9.06. The van der Waals surface area contributed by atoms with Crippen molar-refractivity contribution < 1.29 is 9.53 Å². The number of nitrogens with one attached hydrogen (secondary N) is 1. The Morgan fingerprint density at radius 2 is 2.11 bits per heavy atom. The van der Waals surface area contributed by atoms with Crippen LogP contribution in [0.4, 0.5) is 0 Å². The van der Waals surface area contributed by atoms with Crippen LogP contribution in [0.25, 0.3) is 0 Å².